The van der Waals surface area contributed by atoms with E-state index in [1.54, 1.807) is 0 Å². The van der Waals surface area contributed by atoms with Crippen LogP contribution in [0.15, 0.2) is 18.2 Å². The van der Waals surface area contributed by atoms with Gasteiger partial charge in [-0.25, -0.2) is 0 Å². The first-order valence-electron chi connectivity index (χ1n) is 6.47. The summed E-state index contributed by atoms with van der Waals surface area (Å²) in [5.41, 5.74) is 9.78. The molecule has 0 aliphatic carbocycles. The van der Waals surface area contributed by atoms with E-state index in [-0.39, 0.29) is 0 Å². The first-order chi connectivity index (χ1) is 8.25. The molecule has 1 fully saturated rings. The van der Waals surface area contributed by atoms with E-state index in [1.165, 1.54) is 11.1 Å². The van der Waals surface area contributed by atoms with Crippen LogP contribution in [0.3, 0.4) is 0 Å². The van der Waals surface area contributed by atoms with Gasteiger partial charge in [0.25, 0.3) is 0 Å². The van der Waals surface area contributed by atoms with Crippen LogP contribution in [0.4, 0.5) is 5.69 Å². The van der Waals surface area contributed by atoms with Crippen molar-refractivity contribution < 1.29 is 4.74 Å². The second-order valence-electron chi connectivity index (χ2n) is 5.14. The predicted molar refractivity (Wildman–Crippen MR) is 68.8 cm³/mol. The molecule has 3 nitrogen and oxygen atoms in total. The van der Waals surface area contributed by atoms with Crippen molar-refractivity contribution in [2.75, 3.05) is 18.9 Å². The highest BCUT2D eigenvalue weighted by molar-refractivity contribution is 5.51. The lowest BCUT2D eigenvalue weighted by Crippen LogP contribution is -2.42. The largest absolute Gasteiger partial charge is 0.398 e. The molecule has 1 aromatic rings. The maximum Gasteiger partial charge on any atom is 0.0703 e. The standard InChI is InChI=1S/C14H20N2O/c1-10-14(6-8-17-10)16-7-5-11-3-2-4-13(15)12(11)9-16/h2-4,10,14H,5-9,15H2,1H3. The Kier molecular flexibility index (Phi) is 2.81. The van der Waals surface area contributed by atoms with Crippen LogP contribution in [0, 0.1) is 0 Å². The zero-order chi connectivity index (χ0) is 11.8. The molecule has 3 heteroatoms. The Balaban J connectivity index is 1.82. The molecule has 0 bridgehead atoms. The van der Waals surface area contributed by atoms with Crippen LogP contribution in [0.2, 0.25) is 0 Å². The molecule has 92 valence electrons. The molecule has 2 unspecified atom stereocenters. The SMILES string of the molecule is CC1OCCC1N1CCc2cccc(N)c2C1. The minimum atomic E-state index is 0.362. The second kappa shape index (κ2) is 4.31. The zero-order valence-electron chi connectivity index (χ0n) is 10.4. The number of hydrogen-bond acceptors (Lipinski definition) is 3. The monoisotopic (exact) mass is 232 g/mol. The van der Waals surface area contributed by atoms with Gasteiger partial charge in [0.05, 0.1) is 6.10 Å². The number of fused-ring (bicyclic) bond motifs is 1. The van der Waals surface area contributed by atoms with E-state index in [1.807, 2.05) is 6.07 Å². The Labute approximate surface area is 103 Å². The summed E-state index contributed by atoms with van der Waals surface area (Å²) in [5.74, 6) is 0. The van der Waals surface area contributed by atoms with E-state index in [9.17, 15) is 0 Å². The van der Waals surface area contributed by atoms with E-state index >= 15 is 0 Å². The minimum Gasteiger partial charge on any atom is -0.398 e. The van der Waals surface area contributed by atoms with E-state index < -0.39 is 0 Å². The van der Waals surface area contributed by atoms with Crippen LogP contribution in [0.1, 0.15) is 24.5 Å². The number of benzene rings is 1. The van der Waals surface area contributed by atoms with Gasteiger partial charge in [0, 0.05) is 31.4 Å². The Morgan fingerprint density at radius 2 is 2.29 bits per heavy atom. The van der Waals surface area contributed by atoms with Crippen molar-refractivity contribution in [2.24, 2.45) is 0 Å². The molecule has 1 saturated heterocycles. The number of ether oxygens (including phenoxy) is 1. The van der Waals surface area contributed by atoms with Gasteiger partial charge in [-0.15, -0.1) is 0 Å². The van der Waals surface area contributed by atoms with Gasteiger partial charge in [-0.3, -0.25) is 4.90 Å². The molecule has 2 heterocycles. The predicted octanol–water partition coefficient (Wildman–Crippen LogP) is 1.80. The van der Waals surface area contributed by atoms with Crippen LogP contribution in [0.5, 0.6) is 0 Å². The molecule has 1 aromatic carbocycles. The average Bonchev–Trinajstić information content (AvgIpc) is 2.76. The zero-order valence-corrected chi connectivity index (χ0v) is 10.4. The third kappa shape index (κ3) is 1.94. The van der Waals surface area contributed by atoms with Gasteiger partial charge < -0.3 is 10.5 Å². The number of hydrogen-bond donors (Lipinski definition) is 1. The van der Waals surface area contributed by atoms with Crippen molar-refractivity contribution >= 4 is 5.69 Å². The number of anilines is 1. The fraction of sp³-hybridized carbons (Fsp3) is 0.571. The smallest absolute Gasteiger partial charge is 0.0703 e. The summed E-state index contributed by atoms with van der Waals surface area (Å²) >= 11 is 0. The minimum absolute atomic E-state index is 0.362. The van der Waals surface area contributed by atoms with Gasteiger partial charge in [0.1, 0.15) is 0 Å². The fourth-order valence-corrected chi connectivity index (χ4v) is 3.11. The van der Waals surface area contributed by atoms with E-state index in [4.69, 9.17) is 10.5 Å². The van der Waals surface area contributed by atoms with Gasteiger partial charge in [-0.2, -0.15) is 0 Å². The maximum absolute atomic E-state index is 6.08. The number of nitrogens with two attached hydrogens (primary N) is 1. The fourth-order valence-electron chi connectivity index (χ4n) is 3.11. The molecular weight excluding hydrogens is 212 g/mol. The highest BCUT2D eigenvalue weighted by Crippen LogP contribution is 2.29. The molecule has 0 saturated carbocycles. The Morgan fingerprint density at radius 3 is 3.06 bits per heavy atom. The lowest BCUT2D eigenvalue weighted by atomic mass is 9.96. The lowest BCUT2D eigenvalue weighted by molar-refractivity contribution is 0.0685. The van der Waals surface area contributed by atoms with Gasteiger partial charge in [0.15, 0.2) is 0 Å². The highest BCUT2D eigenvalue weighted by Gasteiger charge is 2.32. The molecule has 2 atom stereocenters. The number of nitrogens with zero attached hydrogens (tertiary/aromatic N) is 1. The highest BCUT2D eigenvalue weighted by atomic mass is 16.5. The summed E-state index contributed by atoms with van der Waals surface area (Å²) in [6, 6.07) is 6.85. The summed E-state index contributed by atoms with van der Waals surface area (Å²) in [4.78, 5) is 2.54. The number of nitrogen functional groups attached to an aromatic ring is 1. The average molecular weight is 232 g/mol. The van der Waals surface area contributed by atoms with Crippen LogP contribution in [-0.2, 0) is 17.7 Å². The maximum atomic E-state index is 6.08. The Bertz CT molecular complexity index is 419. The van der Waals surface area contributed by atoms with Gasteiger partial charge >= 0.3 is 0 Å². The molecule has 3 rings (SSSR count). The molecule has 2 aliphatic heterocycles. The third-order valence-electron chi connectivity index (χ3n) is 4.14. The third-order valence-corrected chi connectivity index (χ3v) is 4.14. The second-order valence-corrected chi connectivity index (χ2v) is 5.14. The van der Waals surface area contributed by atoms with Crippen LogP contribution < -0.4 is 5.73 Å². The Hall–Kier alpha value is -1.06. The van der Waals surface area contributed by atoms with Gasteiger partial charge in [-0.1, -0.05) is 12.1 Å². The van der Waals surface area contributed by atoms with Crippen molar-refractivity contribution in [3.8, 4) is 0 Å². The van der Waals surface area contributed by atoms with Crippen molar-refractivity contribution in [3.05, 3.63) is 29.3 Å². The van der Waals surface area contributed by atoms with Crippen molar-refractivity contribution in [1.29, 1.82) is 0 Å². The molecule has 0 amide bonds. The summed E-state index contributed by atoms with van der Waals surface area (Å²) < 4.78 is 5.66. The van der Waals surface area contributed by atoms with Crippen LogP contribution in [-0.4, -0.2) is 30.2 Å². The van der Waals surface area contributed by atoms with E-state index in [0.29, 0.717) is 12.1 Å². The van der Waals surface area contributed by atoms with E-state index in [0.717, 1.165) is 38.2 Å². The molecule has 0 radical (unpaired) electrons. The molecular formula is C14H20N2O. The molecule has 0 spiro atoms. The van der Waals surface area contributed by atoms with Crippen LogP contribution in [0.25, 0.3) is 0 Å². The lowest BCUT2D eigenvalue weighted by Gasteiger charge is -2.35. The first-order valence-corrected chi connectivity index (χ1v) is 6.47. The molecule has 2 N–H and O–H groups in total. The first kappa shape index (κ1) is 11.1. The summed E-state index contributed by atoms with van der Waals surface area (Å²) in [6.45, 7) is 5.20. The Morgan fingerprint density at radius 1 is 1.41 bits per heavy atom. The summed E-state index contributed by atoms with van der Waals surface area (Å²) in [7, 11) is 0. The summed E-state index contributed by atoms with van der Waals surface area (Å²) in [5, 5.41) is 0. The van der Waals surface area contributed by atoms with Crippen molar-refractivity contribution in [2.45, 2.75) is 38.5 Å². The van der Waals surface area contributed by atoms with Gasteiger partial charge in [-0.05, 0) is 37.0 Å². The van der Waals surface area contributed by atoms with Gasteiger partial charge in [0.2, 0.25) is 0 Å². The normalized spacial score (nSPS) is 29.2. The van der Waals surface area contributed by atoms with Crippen molar-refractivity contribution in [3.63, 3.8) is 0 Å². The topological polar surface area (TPSA) is 38.5 Å². The quantitative estimate of drug-likeness (QED) is 0.750. The molecule has 0 aromatic heterocycles. The van der Waals surface area contributed by atoms with Crippen LogP contribution >= 0.6 is 0 Å². The summed E-state index contributed by atoms with van der Waals surface area (Å²) in [6.07, 6.45) is 2.63. The van der Waals surface area contributed by atoms with E-state index in [2.05, 4.69) is 24.0 Å². The van der Waals surface area contributed by atoms with Crippen molar-refractivity contribution in [1.82, 2.24) is 4.90 Å². The molecule has 2 aliphatic rings. The number of rotatable bonds is 1. The molecule has 17 heavy (non-hydrogen) atoms.